The molecule has 1 amide bonds. The van der Waals surface area contributed by atoms with E-state index in [1.165, 1.54) is 16.8 Å². The minimum atomic E-state index is -0.619. The van der Waals surface area contributed by atoms with Gasteiger partial charge in [-0.3, -0.25) is 15.0 Å². The van der Waals surface area contributed by atoms with Gasteiger partial charge in [-0.05, 0) is 44.1 Å². The summed E-state index contributed by atoms with van der Waals surface area (Å²) < 4.78 is 7.03. The van der Waals surface area contributed by atoms with E-state index in [1.807, 2.05) is 20.8 Å². The van der Waals surface area contributed by atoms with Crippen LogP contribution in [0.25, 0.3) is 11.0 Å². The molecule has 2 fully saturated rings. The van der Waals surface area contributed by atoms with Gasteiger partial charge in [-0.25, -0.2) is 9.48 Å². The number of fused-ring (bicyclic) bond motifs is 2. The lowest BCUT2D eigenvalue weighted by molar-refractivity contribution is -0.384. The maximum absolute atomic E-state index is 12.8. The van der Waals surface area contributed by atoms with E-state index in [4.69, 9.17) is 17.0 Å². The van der Waals surface area contributed by atoms with Crippen molar-refractivity contribution in [2.45, 2.75) is 46.3 Å². The van der Waals surface area contributed by atoms with E-state index in [0.717, 1.165) is 0 Å². The highest BCUT2D eigenvalue weighted by Crippen LogP contribution is 2.65. The minimum Gasteiger partial charge on any atom is -0.444 e. The van der Waals surface area contributed by atoms with Gasteiger partial charge in [0.25, 0.3) is 5.69 Å². The van der Waals surface area contributed by atoms with Gasteiger partial charge in [0.05, 0.1) is 11.0 Å². The Morgan fingerprint density at radius 3 is 2.69 bits per heavy atom. The molecule has 0 unspecified atom stereocenters. The molecule has 0 radical (unpaired) electrons. The molecule has 1 aliphatic heterocycles. The molecule has 0 spiro atoms. The van der Waals surface area contributed by atoms with E-state index in [1.54, 1.807) is 11.0 Å². The highest BCUT2D eigenvalue weighted by atomic mass is 32.1. The van der Waals surface area contributed by atoms with Crippen molar-refractivity contribution < 1.29 is 14.5 Å². The molecule has 0 bridgehead atoms. The third-order valence-corrected chi connectivity index (χ3v) is 6.35. The summed E-state index contributed by atoms with van der Waals surface area (Å²) in [4.78, 5) is 25.6. The zero-order valence-electron chi connectivity index (χ0n) is 16.9. The average Bonchev–Trinajstić information content (AvgIpc) is 3.01. The molecule has 2 heterocycles. The number of nitrogens with zero attached hydrogens (tertiary/aromatic N) is 5. The zero-order chi connectivity index (χ0) is 21.3. The molecule has 1 saturated heterocycles. The van der Waals surface area contributed by atoms with Crippen molar-refractivity contribution in [3.05, 3.63) is 28.3 Å². The highest BCUT2D eigenvalue weighted by Gasteiger charge is 2.69. The highest BCUT2D eigenvalue weighted by molar-refractivity contribution is 7.80. The first-order valence-corrected chi connectivity index (χ1v) is 9.86. The largest absolute Gasteiger partial charge is 0.444 e. The fourth-order valence-electron chi connectivity index (χ4n) is 4.39. The SMILES string of the molecule is CC(C)(C)OC(=O)N1C[C@H]2[C@@H]([C@H]1C(=S)n1nnc3ccc([N+](=O)[O-])cc31)C2(C)C. The van der Waals surface area contributed by atoms with Gasteiger partial charge in [-0.1, -0.05) is 31.3 Å². The Kier molecular flexibility index (Phi) is 4.20. The van der Waals surface area contributed by atoms with Crippen LogP contribution in [-0.4, -0.2) is 54.1 Å². The van der Waals surface area contributed by atoms with Crippen LogP contribution in [0.5, 0.6) is 0 Å². The first-order valence-electron chi connectivity index (χ1n) is 9.45. The molecule has 1 saturated carbocycles. The molecule has 9 nitrogen and oxygen atoms in total. The predicted molar refractivity (Wildman–Crippen MR) is 110 cm³/mol. The zero-order valence-corrected chi connectivity index (χ0v) is 17.8. The molecule has 29 heavy (non-hydrogen) atoms. The summed E-state index contributed by atoms with van der Waals surface area (Å²) in [6, 6.07) is 3.95. The number of nitro groups is 1. The van der Waals surface area contributed by atoms with Gasteiger partial charge in [-0.15, -0.1) is 5.10 Å². The van der Waals surface area contributed by atoms with Crippen molar-refractivity contribution in [1.82, 2.24) is 19.9 Å². The van der Waals surface area contributed by atoms with Crippen molar-refractivity contribution in [1.29, 1.82) is 0 Å². The number of non-ortho nitro benzene ring substituents is 1. The fraction of sp³-hybridized carbons (Fsp3) is 0.579. The van der Waals surface area contributed by atoms with Gasteiger partial charge >= 0.3 is 6.09 Å². The molecule has 0 N–H and O–H groups in total. The fourth-order valence-corrected chi connectivity index (χ4v) is 4.79. The Morgan fingerprint density at radius 1 is 1.38 bits per heavy atom. The molecule has 2 aromatic rings. The van der Waals surface area contributed by atoms with Crippen LogP contribution in [0.2, 0.25) is 0 Å². The van der Waals surface area contributed by atoms with Crippen LogP contribution in [0.3, 0.4) is 0 Å². The summed E-state index contributed by atoms with van der Waals surface area (Å²) >= 11 is 5.76. The first kappa shape index (κ1) is 19.7. The van der Waals surface area contributed by atoms with E-state index >= 15 is 0 Å². The van der Waals surface area contributed by atoms with Crippen LogP contribution in [-0.2, 0) is 4.74 Å². The molecule has 1 aliphatic carbocycles. The molecule has 3 atom stereocenters. The summed E-state index contributed by atoms with van der Waals surface area (Å²) in [5.74, 6) is 0.502. The van der Waals surface area contributed by atoms with Crippen molar-refractivity contribution in [3.63, 3.8) is 0 Å². The number of benzene rings is 1. The number of nitro benzene ring substituents is 1. The molecule has 4 rings (SSSR count). The van der Waals surface area contributed by atoms with E-state index in [9.17, 15) is 14.9 Å². The quantitative estimate of drug-likeness (QED) is 0.419. The summed E-state index contributed by atoms with van der Waals surface area (Å²) in [6.07, 6.45) is -0.414. The summed E-state index contributed by atoms with van der Waals surface area (Å²) in [5.41, 5.74) is 0.326. The number of thiocarbonyl (C=S) groups is 1. The minimum absolute atomic E-state index is 0.0512. The summed E-state index contributed by atoms with van der Waals surface area (Å²) in [6.45, 7) is 10.3. The number of amides is 1. The molecule has 2 aliphatic rings. The topological polar surface area (TPSA) is 103 Å². The Labute approximate surface area is 173 Å². The van der Waals surface area contributed by atoms with Crippen molar-refractivity contribution in [3.8, 4) is 0 Å². The number of aromatic nitrogens is 3. The van der Waals surface area contributed by atoms with Crippen LogP contribution in [0.1, 0.15) is 34.6 Å². The average molecular weight is 417 g/mol. The van der Waals surface area contributed by atoms with Gasteiger partial charge in [0.2, 0.25) is 0 Å². The number of ether oxygens (including phenoxy) is 1. The third kappa shape index (κ3) is 3.15. The number of carbonyl (C=O) groups is 1. The van der Waals surface area contributed by atoms with Crippen molar-refractivity contribution in [2.24, 2.45) is 17.3 Å². The van der Waals surface area contributed by atoms with Gasteiger partial charge in [0, 0.05) is 18.7 Å². The number of hydrogen-bond acceptors (Lipinski definition) is 7. The Hall–Kier alpha value is -2.62. The Bertz CT molecular complexity index is 1040. The van der Waals surface area contributed by atoms with Gasteiger partial charge < -0.3 is 4.74 Å². The monoisotopic (exact) mass is 417 g/mol. The second kappa shape index (κ2) is 6.19. The maximum Gasteiger partial charge on any atom is 0.410 e. The van der Waals surface area contributed by atoms with Crippen molar-refractivity contribution in [2.75, 3.05) is 6.54 Å². The van der Waals surface area contributed by atoms with Crippen molar-refractivity contribution >= 4 is 40.0 Å². The van der Waals surface area contributed by atoms with E-state index in [0.29, 0.717) is 28.5 Å². The standard InChI is InChI=1S/C19H23N5O4S/c1-18(2,3)28-17(25)22-9-11-14(19(11,4)5)15(22)16(29)23-13-8-10(24(26)27)6-7-12(13)20-21-23/h6-8,11,14-15H,9H2,1-5H3/t11-,14-,15-/m0/s1. The maximum atomic E-state index is 12.8. The summed E-state index contributed by atoms with van der Waals surface area (Å²) in [5, 5.41) is 19.4. The number of rotatable bonds is 2. The van der Waals surface area contributed by atoms with Gasteiger partial charge in [-0.2, -0.15) is 0 Å². The third-order valence-electron chi connectivity index (χ3n) is 5.94. The van der Waals surface area contributed by atoms with Gasteiger partial charge in [0.15, 0.2) is 0 Å². The molecule has 1 aromatic heterocycles. The molecular formula is C19H23N5O4S. The smallest absolute Gasteiger partial charge is 0.410 e. The first-order chi connectivity index (χ1) is 13.4. The lowest BCUT2D eigenvalue weighted by Gasteiger charge is -2.32. The van der Waals surface area contributed by atoms with Crippen LogP contribution in [0.15, 0.2) is 18.2 Å². The number of piperidine rings is 1. The van der Waals surface area contributed by atoms with Gasteiger partial charge in [0.1, 0.15) is 21.6 Å². The van der Waals surface area contributed by atoms with E-state index < -0.39 is 16.6 Å². The normalized spacial score (nSPS) is 25.0. The Balaban J connectivity index is 1.72. The number of hydrogen-bond donors (Lipinski definition) is 0. The molecule has 10 heteroatoms. The van der Waals surface area contributed by atoms with E-state index in [-0.39, 0.29) is 23.1 Å². The molecular weight excluding hydrogens is 394 g/mol. The lowest BCUT2D eigenvalue weighted by atomic mass is 10.0. The number of carbonyl (C=O) groups excluding carboxylic acids is 1. The summed E-state index contributed by atoms with van der Waals surface area (Å²) in [7, 11) is 0. The van der Waals surface area contributed by atoms with Crippen LogP contribution in [0, 0.1) is 27.4 Å². The van der Waals surface area contributed by atoms with E-state index in [2.05, 4.69) is 24.2 Å². The van der Waals surface area contributed by atoms with Crippen LogP contribution < -0.4 is 0 Å². The molecule has 1 aromatic carbocycles. The second-order valence-corrected chi connectivity index (χ2v) is 9.72. The van der Waals surface area contributed by atoms with Crippen LogP contribution in [0.4, 0.5) is 10.5 Å². The second-order valence-electron chi connectivity index (χ2n) is 9.30. The molecule has 154 valence electrons. The van der Waals surface area contributed by atoms with Crippen LogP contribution >= 0.6 is 12.2 Å². The predicted octanol–water partition coefficient (Wildman–Crippen LogP) is 3.41. The number of likely N-dealkylation sites (tertiary alicyclic amines) is 1. The lowest BCUT2D eigenvalue weighted by Crippen LogP contribution is -2.48. The Morgan fingerprint density at radius 2 is 2.07 bits per heavy atom.